The van der Waals surface area contributed by atoms with E-state index < -0.39 is 0 Å². The first-order chi connectivity index (χ1) is 9.29. The summed E-state index contributed by atoms with van der Waals surface area (Å²) >= 11 is 0. The Bertz CT molecular complexity index is 513. The maximum absolute atomic E-state index is 13.1. The number of imidazole rings is 1. The summed E-state index contributed by atoms with van der Waals surface area (Å²) < 4.78 is 20.4. The summed E-state index contributed by atoms with van der Waals surface area (Å²) in [6.45, 7) is 4.26. The second-order valence-electron chi connectivity index (χ2n) is 4.13. The van der Waals surface area contributed by atoms with Crippen molar-refractivity contribution >= 4 is 11.6 Å². The third-order valence-electron chi connectivity index (χ3n) is 2.69. The minimum Gasteiger partial charge on any atom is -0.382 e. The summed E-state index contributed by atoms with van der Waals surface area (Å²) in [4.78, 5) is 4.23. The molecule has 0 amide bonds. The molecule has 0 unspecified atom stereocenters. The van der Waals surface area contributed by atoms with E-state index in [-0.39, 0.29) is 5.82 Å². The van der Waals surface area contributed by atoms with E-state index in [1.165, 1.54) is 12.1 Å². The molecule has 1 N–H and O–H groups in total. The Balaban J connectivity index is 1.95. The molecule has 5 heteroatoms. The van der Waals surface area contributed by atoms with Gasteiger partial charge in [0.1, 0.15) is 5.82 Å². The number of ether oxygens (including phenoxy) is 1. The lowest BCUT2D eigenvalue weighted by Gasteiger charge is -2.09. The molecule has 0 radical (unpaired) electrons. The number of aryl methyl sites for hydroxylation is 1. The number of rotatable bonds is 7. The number of halogens is 1. The van der Waals surface area contributed by atoms with Crippen LogP contribution in [0.25, 0.3) is 0 Å². The summed E-state index contributed by atoms with van der Waals surface area (Å²) in [5.74, 6) is 0.446. The van der Waals surface area contributed by atoms with Crippen molar-refractivity contribution in [2.24, 2.45) is 0 Å². The fourth-order valence-electron chi connectivity index (χ4n) is 1.79. The maximum atomic E-state index is 13.1. The van der Waals surface area contributed by atoms with Crippen molar-refractivity contribution < 1.29 is 9.13 Å². The molecule has 2 aromatic rings. The SMILES string of the molecule is CCOCCCn1ccnc1Nc1cccc(F)c1. The molecule has 0 atom stereocenters. The number of hydrogen-bond donors (Lipinski definition) is 1. The molecule has 0 fully saturated rings. The third-order valence-corrected chi connectivity index (χ3v) is 2.69. The quantitative estimate of drug-likeness (QED) is 0.780. The van der Waals surface area contributed by atoms with Crippen LogP contribution in [0.3, 0.4) is 0 Å². The van der Waals surface area contributed by atoms with Crippen LogP contribution in [0.5, 0.6) is 0 Å². The molecule has 102 valence electrons. The lowest BCUT2D eigenvalue weighted by atomic mass is 10.3. The largest absolute Gasteiger partial charge is 0.382 e. The normalized spacial score (nSPS) is 10.6. The van der Waals surface area contributed by atoms with E-state index in [1.54, 1.807) is 12.3 Å². The van der Waals surface area contributed by atoms with E-state index in [1.807, 2.05) is 23.8 Å². The van der Waals surface area contributed by atoms with Crippen LogP contribution in [0.4, 0.5) is 16.0 Å². The molecule has 1 heterocycles. The summed E-state index contributed by atoms with van der Waals surface area (Å²) in [7, 11) is 0. The van der Waals surface area contributed by atoms with Gasteiger partial charge in [-0.1, -0.05) is 6.07 Å². The topological polar surface area (TPSA) is 39.1 Å². The van der Waals surface area contributed by atoms with Crippen LogP contribution >= 0.6 is 0 Å². The Morgan fingerprint density at radius 1 is 1.42 bits per heavy atom. The molecule has 0 aliphatic heterocycles. The van der Waals surface area contributed by atoms with Crippen LogP contribution in [0.2, 0.25) is 0 Å². The molecule has 2 rings (SSSR count). The van der Waals surface area contributed by atoms with Gasteiger partial charge in [-0.2, -0.15) is 0 Å². The summed E-state index contributed by atoms with van der Waals surface area (Å²) in [6, 6.07) is 6.33. The van der Waals surface area contributed by atoms with E-state index in [0.29, 0.717) is 11.6 Å². The second kappa shape index (κ2) is 6.89. The Labute approximate surface area is 112 Å². The highest BCUT2D eigenvalue weighted by Gasteiger charge is 2.03. The summed E-state index contributed by atoms with van der Waals surface area (Å²) in [5.41, 5.74) is 0.692. The van der Waals surface area contributed by atoms with Gasteiger partial charge in [-0.3, -0.25) is 0 Å². The van der Waals surface area contributed by atoms with Gasteiger partial charge in [0, 0.05) is 37.8 Å². The number of hydrogen-bond acceptors (Lipinski definition) is 3. The summed E-state index contributed by atoms with van der Waals surface area (Å²) in [6.07, 6.45) is 4.54. The highest BCUT2D eigenvalue weighted by molar-refractivity contribution is 5.53. The molecule has 1 aromatic carbocycles. The molecule has 4 nitrogen and oxygen atoms in total. The first-order valence-electron chi connectivity index (χ1n) is 6.41. The van der Waals surface area contributed by atoms with Crippen molar-refractivity contribution in [1.29, 1.82) is 0 Å². The predicted octanol–water partition coefficient (Wildman–Crippen LogP) is 3.19. The van der Waals surface area contributed by atoms with Crippen LogP contribution in [-0.4, -0.2) is 22.8 Å². The van der Waals surface area contributed by atoms with Crippen LogP contribution in [-0.2, 0) is 11.3 Å². The molecule has 0 bridgehead atoms. The van der Waals surface area contributed by atoms with Gasteiger partial charge in [-0.15, -0.1) is 0 Å². The van der Waals surface area contributed by atoms with Crippen LogP contribution in [0, 0.1) is 5.82 Å². The van der Waals surface area contributed by atoms with E-state index >= 15 is 0 Å². The van der Waals surface area contributed by atoms with E-state index in [2.05, 4.69) is 10.3 Å². The van der Waals surface area contributed by atoms with Crippen molar-refractivity contribution in [2.45, 2.75) is 19.9 Å². The number of nitrogens with zero attached hydrogens (tertiary/aromatic N) is 2. The number of aromatic nitrogens is 2. The zero-order valence-electron chi connectivity index (χ0n) is 11.0. The lowest BCUT2D eigenvalue weighted by Crippen LogP contribution is -2.06. The van der Waals surface area contributed by atoms with Gasteiger partial charge in [-0.25, -0.2) is 9.37 Å². The fourth-order valence-corrected chi connectivity index (χ4v) is 1.79. The molecule has 19 heavy (non-hydrogen) atoms. The first-order valence-corrected chi connectivity index (χ1v) is 6.41. The van der Waals surface area contributed by atoms with Gasteiger partial charge in [0.25, 0.3) is 0 Å². The van der Waals surface area contributed by atoms with Gasteiger partial charge in [-0.05, 0) is 31.5 Å². The highest BCUT2D eigenvalue weighted by Crippen LogP contribution is 2.16. The standard InChI is InChI=1S/C14H18FN3O/c1-2-19-10-4-8-18-9-7-16-14(18)17-13-6-3-5-12(15)11-13/h3,5-7,9,11H,2,4,8,10H2,1H3,(H,16,17). The van der Waals surface area contributed by atoms with Crippen molar-refractivity contribution in [3.05, 3.63) is 42.5 Å². The van der Waals surface area contributed by atoms with Gasteiger partial charge in [0.05, 0.1) is 0 Å². The second-order valence-corrected chi connectivity index (χ2v) is 4.13. The van der Waals surface area contributed by atoms with Crippen molar-refractivity contribution in [1.82, 2.24) is 9.55 Å². The number of anilines is 2. The molecule has 0 aliphatic carbocycles. The van der Waals surface area contributed by atoms with Crippen molar-refractivity contribution in [2.75, 3.05) is 18.5 Å². The molecule has 1 aromatic heterocycles. The van der Waals surface area contributed by atoms with E-state index in [0.717, 1.165) is 26.2 Å². The van der Waals surface area contributed by atoms with Crippen LogP contribution < -0.4 is 5.32 Å². The van der Waals surface area contributed by atoms with Crippen molar-refractivity contribution in [3.63, 3.8) is 0 Å². The Kier molecular flexibility index (Phi) is 4.92. The molecule has 0 saturated carbocycles. The lowest BCUT2D eigenvalue weighted by molar-refractivity contribution is 0.142. The highest BCUT2D eigenvalue weighted by atomic mass is 19.1. The van der Waals surface area contributed by atoms with Crippen molar-refractivity contribution in [3.8, 4) is 0 Å². The van der Waals surface area contributed by atoms with Gasteiger partial charge < -0.3 is 14.6 Å². The third kappa shape index (κ3) is 4.06. The monoisotopic (exact) mass is 263 g/mol. The van der Waals surface area contributed by atoms with Gasteiger partial charge in [0.2, 0.25) is 5.95 Å². The van der Waals surface area contributed by atoms with Crippen LogP contribution in [0.15, 0.2) is 36.7 Å². The Morgan fingerprint density at radius 3 is 3.11 bits per heavy atom. The average molecular weight is 263 g/mol. The number of benzene rings is 1. The summed E-state index contributed by atoms with van der Waals surface area (Å²) in [5, 5.41) is 3.11. The minimum absolute atomic E-state index is 0.264. The van der Waals surface area contributed by atoms with E-state index in [9.17, 15) is 4.39 Å². The van der Waals surface area contributed by atoms with E-state index in [4.69, 9.17) is 4.74 Å². The maximum Gasteiger partial charge on any atom is 0.207 e. The van der Waals surface area contributed by atoms with Gasteiger partial charge in [0.15, 0.2) is 0 Å². The average Bonchev–Trinajstić information content (AvgIpc) is 2.82. The zero-order chi connectivity index (χ0) is 13.5. The fraction of sp³-hybridized carbons (Fsp3) is 0.357. The smallest absolute Gasteiger partial charge is 0.207 e. The molecular weight excluding hydrogens is 245 g/mol. The molecule has 0 aliphatic rings. The zero-order valence-corrected chi connectivity index (χ0v) is 11.0. The minimum atomic E-state index is -0.264. The van der Waals surface area contributed by atoms with Crippen LogP contribution in [0.1, 0.15) is 13.3 Å². The molecule has 0 saturated heterocycles. The Morgan fingerprint density at radius 2 is 2.32 bits per heavy atom. The first kappa shape index (κ1) is 13.5. The predicted molar refractivity (Wildman–Crippen MR) is 73.0 cm³/mol. The Hall–Kier alpha value is -1.88. The molecular formula is C14H18FN3O. The molecule has 0 spiro atoms. The number of nitrogens with one attached hydrogen (secondary N) is 1. The van der Waals surface area contributed by atoms with Gasteiger partial charge >= 0.3 is 0 Å².